The maximum atomic E-state index is 12.5. The summed E-state index contributed by atoms with van der Waals surface area (Å²) in [6.45, 7) is 2.24. The number of rotatable bonds is 1. The molecule has 0 aromatic heterocycles. The zero-order valence-electron chi connectivity index (χ0n) is 11.6. The molecule has 0 spiro atoms. The largest absolute Gasteiger partial charge is 0.338 e. The van der Waals surface area contributed by atoms with E-state index in [1.54, 1.807) is 0 Å². The number of likely N-dealkylation sites (tertiary alicyclic amines) is 1. The van der Waals surface area contributed by atoms with Gasteiger partial charge >= 0.3 is 0 Å². The van der Waals surface area contributed by atoms with Crippen LogP contribution in [0, 0.1) is 23.7 Å². The average Bonchev–Trinajstić information content (AvgIpc) is 3.06. The maximum Gasteiger partial charge on any atom is 0.253 e. The third kappa shape index (κ3) is 2.57. The number of amides is 1. The normalized spacial score (nSPS) is 24.1. The van der Waals surface area contributed by atoms with E-state index in [9.17, 15) is 4.79 Å². The minimum absolute atomic E-state index is 0.165. The number of fused-ring (bicyclic) bond motifs is 1. The molecule has 2 atom stereocenters. The Labute approximate surface area is 120 Å². The van der Waals surface area contributed by atoms with E-state index in [4.69, 9.17) is 5.73 Å². The molecule has 2 fully saturated rings. The molecular weight excluding hydrogens is 248 g/mol. The van der Waals surface area contributed by atoms with Crippen LogP contribution >= 0.6 is 0 Å². The average molecular weight is 268 g/mol. The number of nitrogens with zero attached hydrogens (tertiary/aromatic N) is 1. The Hall–Kier alpha value is -1.79. The van der Waals surface area contributed by atoms with Crippen molar-refractivity contribution < 1.29 is 4.79 Å². The van der Waals surface area contributed by atoms with Gasteiger partial charge in [-0.05, 0) is 48.9 Å². The Balaban J connectivity index is 1.68. The van der Waals surface area contributed by atoms with Crippen molar-refractivity contribution in [1.82, 2.24) is 4.90 Å². The fraction of sp³-hybridized carbons (Fsp3) is 0.471. The number of hydrogen-bond donors (Lipinski definition) is 1. The predicted octanol–water partition coefficient (Wildman–Crippen LogP) is 1.87. The topological polar surface area (TPSA) is 46.3 Å². The van der Waals surface area contributed by atoms with Crippen LogP contribution in [0.4, 0.5) is 0 Å². The first-order chi connectivity index (χ1) is 9.78. The van der Waals surface area contributed by atoms with Crippen LogP contribution in [0.5, 0.6) is 0 Å². The molecular formula is C17H20N2O. The van der Waals surface area contributed by atoms with Crippen LogP contribution in [-0.4, -0.2) is 30.4 Å². The second kappa shape index (κ2) is 5.68. The second-order valence-electron chi connectivity index (χ2n) is 5.74. The summed E-state index contributed by atoms with van der Waals surface area (Å²) >= 11 is 0. The van der Waals surface area contributed by atoms with Gasteiger partial charge in [-0.1, -0.05) is 18.3 Å². The van der Waals surface area contributed by atoms with E-state index in [-0.39, 0.29) is 5.91 Å². The van der Waals surface area contributed by atoms with Gasteiger partial charge in [-0.2, -0.15) is 0 Å². The van der Waals surface area contributed by atoms with Crippen molar-refractivity contribution in [3.8, 4) is 11.8 Å². The van der Waals surface area contributed by atoms with Gasteiger partial charge in [0.1, 0.15) is 0 Å². The van der Waals surface area contributed by atoms with E-state index in [1.807, 2.05) is 29.2 Å². The lowest BCUT2D eigenvalue weighted by molar-refractivity contribution is 0.0780. The molecule has 3 nitrogen and oxygen atoms in total. The van der Waals surface area contributed by atoms with Crippen molar-refractivity contribution in [2.24, 2.45) is 17.6 Å². The Morgan fingerprint density at radius 2 is 1.85 bits per heavy atom. The summed E-state index contributed by atoms with van der Waals surface area (Å²) in [4.78, 5) is 14.5. The van der Waals surface area contributed by atoms with E-state index in [0.717, 1.165) is 36.1 Å². The summed E-state index contributed by atoms with van der Waals surface area (Å²) in [6.07, 6.45) is 3.93. The summed E-state index contributed by atoms with van der Waals surface area (Å²) in [6, 6.07) is 7.54. The van der Waals surface area contributed by atoms with E-state index in [1.165, 1.54) is 19.3 Å². The quantitative estimate of drug-likeness (QED) is 0.790. The van der Waals surface area contributed by atoms with Crippen LogP contribution in [-0.2, 0) is 0 Å². The number of benzene rings is 1. The lowest BCUT2D eigenvalue weighted by Gasteiger charge is -2.17. The minimum Gasteiger partial charge on any atom is -0.338 e. The molecule has 0 bridgehead atoms. The van der Waals surface area contributed by atoms with Crippen molar-refractivity contribution >= 4 is 5.91 Å². The Kier molecular flexibility index (Phi) is 3.75. The molecule has 1 aliphatic carbocycles. The van der Waals surface area contributed by atoms with Crippen LogP contribution in [0.25, 0.3) is 0 Å². The van der Waals surface area contributed by atoms with Crippen molar-refractivity contribution in [2.75, 3.05) is 19.6 Å². The zero-order valence-corrected chi connectivity index (χ0v) is 11.6. The van der Waals surface area contributed by atoms with Gasteiger partial charge < -0.3 is 10.6 Å². The summed E-state index contributed by atoms with van der Waals surface area (Å²) in [5.41, 5.74) is 7.02. The molecule has 2 unspecified atom stereocenters. The minimum atomic E-state index is 0.165. The van der Waals surface area contributed by atoms with Gasteiger partial charge in [0, 0.05) is 24.2 Å². The number of carbonyl (C=O) groups is 1. The molecule has 2 aliphatic rings. The Bertz CT molecular complexity index is 541. The third-order valence-corrected chi connectivity index (χ3v) is 4.48. The molecule has 104 valence electrons. The first-order valence-electron chi connectivity index (χ1n) is 7.36. The van der Waals surface area contributed by atoms with Crippen molar-refractivity contribution in [3.63, 3.8) is 0 Å². The Morgan fingerprint density at radius 3 is 2.45 bits per heavy atom. The molecule has 20 heavy (non-hydrogen) atoms. The highest BCUT2D eigenvalue weighted by molar-refractivity contribution is 5.94. The first-order valence-corrected chi connectivity index (χ1v) is 7.36. The molecule has 0 radical (unpaired) electrons. The molecule has 1 heterocycles. The van der Waals surface area contributed by atoms with Crippen LogP contribution in [0.3, 0.4) is 0 Å². The van der Waals surface area contributed by atoms with Crippen molar-refractivity contribution in [2.45, 2.75) is 19.3 Å². The summed E-state index contributed by atoms with van der Waals surface area (Å²) in [7, 11) is 0. The van der Waals surface area contributed by atoms with Crippen LogP contribution in [0.15, 0.2) is 24.3 Å². The van der Waals surface area contributed by atoms with Crippen molar-refractivity contribution in [3.05, 3.63) is 35.4 Å². The van der Waals surface area contributed by atoms with Crippen LogP contribution in [0.1, 0.15) is 35.2 Å². The van der Waals surface area contributed by atoms with Crippen molar-refractivity contribution in [1.29, 1.82) is 0 Å². The molecule has 1 aromatic rings. The van der Waals surface area contributed by atoms with Gasteiger partial charge in [0.05, 0.1) is 6.54 Å². The van der Waals surface area contributed by atoms with Crippen LogP contribution < -0.4 is 5.73 Å². The van der Waals surface area contributed by atoms with Gasteiger partial charge in [-0.25, -0.2) is 0 Å². The SMILES string of the molecule is NCC#Cc1ccc(C(=O)N2CC3CCCC3C2)cc1. The highest BCUT2D eigenvalue weighted by atomic mass is 16.2. The maximum absolute atomic E-state index is 12.5. The number of hydrogen-bond acceptors (Lipinski definition) is 2. The third-order valence-electron chi connectivity index (χ3n) is 4.48. The Morgan fingerprint density at radius 1 is 1.20 bits per heavy atom. The summed E-state index contributed by atoms with van der Waals surface area (Å²) < 4.78 is 0. The highest BCUT2D eigenvalue weighted by Crippen LogP contribution is 2.38. The first kappa shape index (κ1) is 13.2. The lowest BCUT2D eigenvalue weighted by Crippen LogP contribution is -2.29. The second-order valence-corrected chi connectivity index (χ2v) is 5.74. The molecule has 1 aliphatic heterocycles. The standard InChI is InChI=1S/C17H20N2O/c18-10-2-3-13-6-8-14(9-7-13)17(20)19-11-15-4-1-5-16(15)12-19/h6-9,15-16H,1,4-5,10-12,18H2. The molecule has 3 rings (SSSR count). The van der Waals surface area contributed by atoms with Gasteiger partial charge in [-0.3, -0.25) is 4.79 Å². The lowest BCUT2D eigenvalue weighted by atomic mass is 10.0. The molecule has 1 saturated heterocycles. The van der Waals surface area contributed by atoms with E-state index >= 15 is 0 Å². The van der Waals surface area contributed by atoms with E-state index in [0.29, 0.717) is 6.54 Å². The highest BCUT2D eigenvalue weighted by Gasteiger charge is 2.38. The molecule has 3 heteroatoms. The van der Waals surface area contributed by atoms with Gasteiger partial charge in [0.25, 0.3) is 5.91 Å². The zero-order chi connectivity index (χ0) is 13.9. The summed E-state index contributed by atoms with van der Waals surface area (Å²) in [5.74, 6) is 7.44. The molecule has 1 amide bonds. The predicted molar refractivity (Wildman–Crippen MR) is 79.1 cm³/mol. The van der Waals surface area contributed by atoms with Gasteiger partial charge in [-0.15, -0.1) is 0 Å². The molecule has 1 saturated carbocycles. The van der Waals surface area contributed by atoms with E-state index in [2.05, 4.69) is 11.8 Å². The fourth-order valence-electron chi connectivity index (χ4n) is 3.43. The number of carbonyl (C=O) groups excluding carboxylic acids is 1. The monoisotopic (exact) mass is 268 g/mol. The smallest absolute Gasteiger partial charge is 0.253 e. The van der Waals surface area contributed by atoms with E-state index < -0.39 is 0 Å². The molecule has 2 N–H and O–H groups in total. The number of nitrogens with two attached hydrogens (primary N) is 1. The van der Waals surface area contributed by atoms with Crippen LogP contribution in [0.2, 0.25) is 0 Å². The van der Waals surface area contributed by atoms with Gasteiger partial charge in [0.15, 0.2) is 0 Å². The fourth-order valence-corrected chi connectivity index (χ4v) is 3.43. The van der Waals surface area contributed by atoms with Gasteiger partial charge in [0.2, 0.25) is 0 Å². The summed E-state index contributed by atoms with van der Waals surface area (Å²) in [5, 5.41) is 0. The molecule has 1 aromatic carbocycles.